The van der Waals surface area contributed by atoms with Gasteiger partial charge in [-0.2, -0.15) is 0 Å². The van der Waals surface area contributed by atoms with Crippen molar-refractivity contribution in [2.24, 2.45) is 0 Å². The largest absolute Gasteiger partial charge is 0.385 e. The van der Waals surface area contributed by atoms with Crippen LogP contribution in [0, 0.1) is 0 Å². The molecule has 3 nitrogen and oxygen atoms in total. The minimum Gasteiger partial charge on any atom is -0.385 e. The summed E-state index contributed by atoms with van der Waals surface area (Å²) in [5, 5.41) is 4.79. The fourth-order valence-electron chi connectivity index (χ4n) is 1.16. The van der Waals surface area contributed by atoms with Crippen molar-refractivity contribution < 1.29 is 8.42 Å². The van der Waals surface area contributed by atoms with Gasteiger partial charge in [-0.1, -0.05) is 18.2 Å². The van der Waals surface area contributed by atoms with E-state index in [1.165, 1.54) is 0 Å². The van der Waals surface area contributed by atoms with Gasteiger partial charge in [0.15, 0.2) is 9.84 Å². The Bertz CT molecular complexity index is 440. The molecule has 1 N–H and O–H groups in total. The molecule has 1 aromatic rings. The van der Waals surface area contributed by atoms with Crippen LogP contribution in [-0.2, 0) is 9.84 Å². The van der Waals surface area contributed by atoms with Crippen LogP contribution in [0.25, 0.3) is 0 Å². The van der Waals surface area contributed by atoms with Crippen molar-refractivity contribution in [1.29, 1.82) is 0 Å². The minimum atomic E-state index is -3.08. The maximum atomic E-state index is 11.1. The average Bonchev–Trinajstić information content (AvgIpc) is 2.27. The highest BCUT2D eigenvalue weighted by Crippen LogP contribution is 2.13. The molecule has 0 aliphatic carbocycles. The standard InChI is InChI=1S/C11H14ClNO2S/c1-2-16(14,15)9-3-8-13-11-6-4-10(12)5-7-11/h2,4-7,13H,1,3,8-9H2. The van der Waals surface area contributed by atoms with Crippen LogP contribution in [0.3, 0.4) is 0 Å². The molecule has 5 heteroatoms. The Morgan fingerprint density at radius 2 is 1.94 bits per heavy atom. The van der Waals surface area contributed by atoms with E-state index >= 15 is 0 Å². The third kappa shape index (κ3) is 4.68. The maximum Gasteiger partial charge on any atom is 0.171 e. The van der Waals surface area contributed by atoms with E-state index in [1.54, 1.807) is 12.1 Å². The predicted molar refractivity (Wildman–Crippen MR) is 68.5 cm³/mol. The minimum absolute atomic E-state index is 0.122. The zero-order valence-corrected chi connectivity index (χ0v) is 10.4. The number of benzene rings is 1. The van der Waals surface area contributed by atoms with Crippen LogP contribution in [0.4, 0.5) is 5.69 Å². The van der Waals surface area contributed by atoms with Gasteiger partial charge in [-0.3, -0.25) is 0 Å². The van der Waals surface area contributed by atoms with Gasteiger partial charge < -0.3 is 5.32 Å². The van der Waals surface area contributed by atoms with E-state index in [1.807, 2.05) is 12.1 Å². The van der Waals surface area contributed by atoms with E-state index in [9.17, 15) is 8.42 Å². The van der Waals surface area contributed by atoms with Crippen molar-refractivity contribution in [3.05, 3.63) is 41.3 Å². The van der Waals surface area contributed by atoms with Crippen LogP contribution in [0.2, 0.25) is 5.02 Å². The molecule has 1 aromatic carbocycles. The first-order valence-electron chi connectivity index (χ1n) is 4.88. The Hall–Kier alpha value is -1.00. The van der Waals surface area contributed by atoms with E-state index < -0.39 is 9.84 Å². The number of rotatable bonds is 6. The Kier molecular flexibility index (Phi) is 4.83. The molecule has 0 atom stereocenters. The van der Waals surface area contributed by atoms with Crippen LogP contribution in [-0.4, -0.2) is 20.7 Å². The molecule has 0 fully saturated rings. The number of hydrogen-bond acceptors (Lipinski definition) is 3. The lowest BCUT2D eigenvalue weighted by molar-refractivity contribution is 0.602. The molecule has 0 bridgehead atoms. The zero-order chi connectivity index (χ0) is 12.0. The SMILES string of the molecule is C=CS(=O)(=O)CCCNc1ccc(Cl)cc1. The van der Waals surface area contributed by atoms with Gasteiger partial charge in [0.1, 0.15) is 0 Å². The number of anilines is 1. The molecule has 0 unspecified atom stereocenters. The summed E-state index contributed by atoms with van der Waals surface area (Å²) in [7, 11) is -3.08. The maximum absolute atomic E-state index is 11.1. The lowest BCUT2D eigenvalue weighted by atomic mass is 10.3. The van der Waals surface area contributed by atoms with Gasteiger partial charge in [0, 0.05) is 22.7 Å². The molecule has 0 radical (unpaired) electrons. The summed E-state index contributed by atoms with van der Waals surface area (Å²) in [5.74, 6) is 0.122. The van der Waals surface area contributed by atoms with Crippen molar-refractivity contribution >= 4 is 27.1 Å². The second-order valence-corrected chi connectivity index (χ2v) is 5.82. The fourth-order valence-corrected chi connectivity index (χ4v) is 2.00. The number of hydrogen-bond donors (Lipinski definition) is 1. The summed E-state index contributed by atoms with van der Waals surface area (Å²) in [6.07, 6.45) is 0.553. The Morgan fingerprint density at radius 1 is 1.31 bits per heavy atom. The molecule has 0 aliphatic rings. The van der Waals surface area contributed by atoms with Crippen molar-refractivity contribution in [1.82, 2.24) is 0 Å². The van der Waals surface area contributed by atoms with E-state index in [0.29, 0.717) is 18.0 Å². The quantitative estimate of drug-likeness (QED) is 0.799. The molecule has 0 saturated carbocycles. The average molecular weight is 260 g/mol. The van der Waals surface area contributed by atoms with E-state index in [0.717, 1.165) is 11.1 Å². The van der Waals surface area contributed by atoms with Gasteiger partial charge >= 0.3 is 0 Å². The van der Waals surface area contributed by atoms with Gasteiger partial charge in [-0.25, -0.2) is 8.42 Å². The van der Waals surface area contributed by atoms with Crippen LogP contribution in [0.1, 0.15) is 6.42 Å². The number of sulfone groups is 1. The van der Waals surface area contributed by atoms with Crippen molar-refractivity contribution in [2.45, 2.75) is 6.42 Å². The Morgan fingerprint density at radius 3 is 2.50 bits per heavy atom. The van der Waals surface area contributed by atoms with Crippen molar-refractivity contribution in [2.75, 3.05) is 17.6 Å². The summed E-state index contributed by atoms with van der Waals surface area (Å²) in [5.41, 5.74) is 0.931. The summed E-state index contributed by atoms with van der Waals surface area (Å²) in [4.78, 5) is 0. The van der Waals surface area contributed by atoms with Crippen LogP contribution in [0.15, 0.2) is 36.3 Å². The second-order valence-electron chi connectivity index (χ2n) is 3.32. The highest BCUT2D eigenvalue weighted by Gasteiger charge is 2.03. The molecule has 0 aromatic heterocycles. The van der Waals surface area contributed by atoms with Gasteiger partial charge in [0.25, 0.3) is 0 Å². The third-order valence-electron chi connectivity index (χ3n) is 2.03. The first-order chi connectivity index (χ1) is 7.53. The molecule has 0 spiro atoms. The lowest BCUT2D eigenvalue weighted by Crippen LogP contribution is -2.08. The molecule has 0 heterocycles. The molecule has 16 heavy (non-hydrogen) atoms. The van der Waals surface area contributed by atoms with Crippen molar-refractivity contribution in [3.63, 3.8) is 0 Å². The first kappa shape index (κ1) is 13.1. The summed E-state index contributed by atoms with van der Waals surface area (Å²) >= 11 is 5.73. The van der Waals surface area contributed by atoms with Gasteiger partial charge in [-0.15, -0.1) is 0 Å². The molecule has 1 rings (SSSR count). The number of nitrogens with one attached hydrogen (secondary N) is 1. The third-order valence-corrected chi connectivity index (χ3v) is 3.65. The van der Waals surface area contributed by atoms with Gasteiger partial charge in [-0.05, 0) is 30.7 Å². The van der Waals surface area contributed by atoms with Gasteiger partial charge in [0.05, 0.1) is 5.75 Å². The predicted octanol–water partition coefficient (Wildman–Crippen LogP) is 2.70. The summed E-state index contributed by atoms with van der Waals surface area (Å²) in [6, 6.07) is 7.27. The fraction of sp³-hybridized carbons (Fsp3) is 0.273. The summed E-state index contributed by atoms with van der Waals surface area (Å²) < 4.78 is 22.2. The lowest BCUT2D eigenvalue weighted by Gasteiger charge is -2.05. The summed E-state index contributed by atoms with van der Waals surface area (Å²) in [6.45, 7) is 3.86. The Balaban J connectivity index is 2.31. The van der Waals surface area contributed by atoms with Crippen LogP contribution in [0.5, 0.6) is 0 Å². The normalized spacial score (nSPS) is 11.1. The zero-order valence-electron chi connectivity index (χ0n) is 8.82. The first-order valence-corrected chi connectivity index (χ1v) is 6.97. The van der Waals surface area contributed by atoms with E-state index in [4.69, 9.17) is 11.6 Å². The Labute approximate surface area is 101 Å². The molecule has 0 amide bonds. The number of halogens is 1. The molecule has 0 aliphatic heterocycles. The van der Waals surface area contributed by atoms with Crippen LogP contribution < -0.4 is 5.32 Å². The van der Waals surface area contributed by atoms with Crippen molar-refractivity contribution in [3.8, 4) is 0 Å². The molecular formula is C11H14ClNO2S. The monoisotopic (exact) mass is 259 g/mol. The highest BCUT2D eigenvalue weighted by atomic mass is 35.5. The van der Waals surface area contributed by atoms with E-state index in [-0.39, 0.29) is 5.75 Å². The van der Waals surface area contributed by atoms with Crippen LogP contribution >= 0.6 is 11.6 Å². The molecule has 88 valence electrons. The smallest absolute Gasteiger partial charge is 0.171 e. The topological polar surface area (TPSA) is 46.2 Å². The van der Waals surface area contributed by atoms with Gasteiger partial charge in [0.2, 0.25) is 0 Å². The second kappa shape index (κ2) is 5.92. The molecule has 0 saturated heterocycles. The van der Waals surface area contributed by atoms with E-state index in [2.05, 4.69) is 11.9 Å². The highest BCUT2D eigenvalue weighted by molar-refractivity contribution is 7.94. The molecular weight excluding hydrogens is 246 g/mol.